The summed E-state index contributed by atoms with van der Waals surface area (Å²) in [6.45, 7) is 5.37. The summed E-state index contributed by atoms with van der Waals surface area (Å²) in [6, 6.07) is 15.3. The number of anilines is 1. The molecule has 2 heterocycles. The van der Waals surface area contributed by atoms with Crippen LogP contribution in [0.5, 0.6) is 5.75 Å². The molecule has 1 saturated heterocycles. The van der Waals surface area contributed by atoms with Crippen LogP contribution in [0.3, 0.4) is 0 Å². The van der Waals surface area contributed by atoms with Gasteiger partial charge in [0.15, 0.2) is 0 Å². The van der Waals surface area contributed by atoms with Gasteiger partial charge < -0.3 is 26.0 Å². The van der Waals surface area contributed by atoms with Crippen molar-refractivity contribution in [1.29, 1.82) is 0 Å². The molecule has 41 heavy (non-hydrogen) atoms. The first-order chi connectivity index (χ1) is 19.7. The molecule has 9 nitrogen and oxygen atoms in total. The third-order valence-electron chi connectivity index (χ3n) is 8.37. The van der Waals surface area contributed by atoms with Crippen LogP contribution >= 0.6 is 0 Å². The number of primary amides is 2. The predicted octanol–water partition coefficient (Wildman–Crippen LogP) is 3.68. The quantitative estimate of drug-likeness (QED) is 0.381. The Bertz CT molecular complexity index is 1240. The molecule has 4 N–H and O–H groups in total. The average molecular weight is 563 g/mol. The number of carbonyl (C=O) groups is 4. The molecular weight excluding hydrogens is 520 g/mol. The smallest absolute Gasteiger partial charge is 0.253 e. The molecule has 2 aliphatic rings. The molecule has 0 bridgehead atoms. The number of nitrogens with two attached hydrogens (primary N) is 2. The lowest BCUT2D eigenvalue weighted by atomic mass is 9.79. The van der Waals surface area contributed by atoms with Gasteiger partial charge in [0.25, 0.3) is 5.91 Å². The number of amides is 4. The SMILES string of the molecule is CC(C)[C@H](C(N)=O)C(CCCCOc1ccc(C(=O)N2CCC(N3C(=O)CCc4ccccc43)CC2)cc1)C(N)=O. The molecular formula is C32H42N4O5. The number of carbonyl (C=O) groups excluding carboxylic acids is 4. The zero-order chi connectivity index (χ0) is 29.5. The number of piperidine rings is 1. The van der Waals surface area contributed by atoms with E-state index in [-0.39, 0.29) is 23.8 Å². The van der Waals surface area contributed by atoms with Crippen molar-refractivity contribution in [3.05, 3.63) is 59.7 Å². The molecule has 9 heteroatoms. The van der Waals surface area contributed by atoms with Gasteiger partial charge in [-0.15, -0.1) is 0 Å². The number of rotatable bonds is 12. The lowest BCUT2D eigenvalue weighted by Crippen LogP contribution is -2.50. The molecule has 0 aliphatic carbocycles. The normalized spacial score (nSPS) is 17.2. The molecule has 0 radical (unpaired) electrons. The van der Waals surface area contributed by atoms with E-state index in [2.05, 4.69) is 6.07 Å². The van der Waals surface area contributed by atoms with E-state index in [0.717, 1.165) is 24.9 Å². The van der Waals surface area contributed by atoms with Gasteiger partial charge in [-0.3, -0.25) is 19.2 Å². The average Bonchev–Trinajstić information content (AvgIpc) is 2.96. The van der Waals surface area contributed by atoms with E-state index in [1.165, 1.54) is 5.56 Å². The van der Waals surface area contributed by atoms with Crippen molar-refractivity contribution >= 4 is 29.3 Å². The van der Waals surface area contributed by atoms with Gasteiger partial charge in [0.2, 0.25) is 17.7 Å². The molecule has 2 aromatic carbocycles. The van der Waals surface area contributed by atoms with Gasteiger partial charge in [-0.2, -0.15) is 0 Å². The fourth-order valence-electron chi connectivity index (χ4n) is 6.20. The van der Waals surface area contributed by atoms with Crippen molar-refractivity contribution in [2.75, 3.05) is 24.6 Å². The number of benzene rings is 2. The highest BCUT2D eigenvalue weighted by Crippen LogP contribution is 2.32. The summed E-state index contributed by atoms with van der Waals surface area (Å²) in [6.07, 6.45) is 4.66. The minimum absolute atomic E-state index is 0.0213. The Morgan fingerprint density at radius 3 is 2.24 bits per heavy atom. The van der Waals surface area contributed by atoms with E-state index in [4.69, 9.17) is 16.2 Å². The molecule has 2 atom stereocenters. The number of fused-ring (bicyclic) bond motifs is 1. The van der Waals surface area contributed by atoms with Gasteiger partial charge in [-0.1, -0.05) is 32.0 Å². The van der Waals surface area contributed by atoms with Crippen LogP contribution in [0.15, 0.2) is 48.5 Å². The fraction of sp³-hybridized carbons (Fsp3) is 0.500. The minimum atomic E-state index is -0.584. The van der Waals surface area contributed by atoms with Crippen molar-refractivity contribution in [2.45, 2.75) is 64.8 Å². The van der Waals surface area contributed by atoms with Crippen molar-refractivity contribution < 1.29 is 23.9 Å². The first-order valence-corrected chi connectivity index (χ1v) is 14.7. The molecule has 0 aromatic heterocycles. The van der Waals surface area contributed by atoms with Crippen molar-refractivity contribution in [3.8, 4) is 5.75 Å². The largest absolute Gasteiger partial charge is 0.494 e. The molecule has 2 aliphatic heterocycles. The lowest BCUT2D eigenvalue weighted by molar-refractivity contribution is -0.133. The van der Waals surface area contributed by atoms with E-state index in [1.807, 2.05) is 41.8 Å². The maximum Gasteiger partial charge on any atom is 0.253 e. The van der Waals surface area contributed by atoms with Crippen molar-refractivity contribution in [3.63, 3.8) is 0 Å². The highest BCUT2D eigenvalue weighted by molar-refractivity contribution is 5.97. The molecule has 4 amide bonds. The van der Waals surface area contributed by atoms with Gasteiger partial charge in [-0.05, 0) is 80.3 Å². The first kappa shape index (κ1) is 30.1. The number of likely N-dealkylation sites (tertiary alicyclic amines) is 1. The Morgan fingerprint density at radius 2 is 1.61 bits per heavy atom. The van der Waals surface area contributed by atoms with Gasteiger partial charge >= 0.3 is 0 Å². The zero-order valence-electron chi connectivity index (χ0n) is 24.1. The van der Waals surface area contributed by atoms with Gasteiger partial charge in [0.05, 0.1) is 12.5 Å². The Hall–Kier alpha value is -3.88. The van der Waals surface area contributed by atoms with Gasteiger partial charge in [-0.25, -0.2) is 0 Å². The van der Waals surface area contributed by atoms with Gasteiger partial charge in [0.1, 0.15) is 5.75 Å². The van der Waals surface area contributed by atoms with Crippen molar-refractivity contribution in [2.24, 2.45) is 29.2 Å². The number of unbranched alkanes of at least 4 members (excludes halogenated alkanes) is 1. The Kier molecular flexibility index (Phi) is 10.0. The topological polar surface area (TPSA) is 136 Å². The predicted molar refractivity (Wildman–Crippen MR) is 157 cm³/mol. The Labute approximate surface area is 242 Å². The van der Waals surface area contributed by atoms with Crippen LogP contribution in [-0.2, 0) is 20.8 Å². The third-order valence-corrected chi connectivity index (χ3v) is 8.37. The van der Waals surface area contributed by atoms with E-state index in [9.17, 15) is 19.2 Å². The summed E-state index contributed by atoms with van der Waals surface area (Å²) >= 11 is 0. The molecule has 0 saturated carbocycles. The molecule has 2 aromatic rings. The van der Waals surface area contributed by atoms with Gasteiger partial charge in [0, 0.05) is 42.7 Å². The monoisotopic (exact) mass is 562 g/mol. The number of aryl methyl sites for hydroxylation is 1. The Morgan fingerprint density at radius 1 is 0.927 bits per heavy atom. The van der Waals surface area contributed by atoms with E-state index in [1.54, 1.807) is 24.3 Å². The Balaban J connectivity index is 1.23. The second-order valence-corrected chi connectivity index (χ2v) is 11.5. The summed E-state index contributed by atoms with van der Waals surface area (Å²) in [5.74, 6) is -1.42. The number of ether oxygens (including phenoxy) is 1. The second kappa shape index (κ2) is 13.7. The minimum Gasteiger partial charge on any atom is -0.494 e. The van der Waals surface area contributed by atoms with Crippen LogP contribution < -0.4 is 21.1 Å². The fourth-order valence-corrected chi connectivity index (χ4v) is 6.20. The molecule has 1 unspecified atom stereocenters. The number of para-hydroxylation sites is 1. The summed E-state index contributed by atoms with van der Waals surface area (Å²) in [5, 5.41) is 0. The zero-order valence-corrected chi connectivity index (χ0v) is 24.1. The van der Waals surface area contributed by atoms with Crippen LogP contribution in [0, 0.1) is 17.8 Å². The number of hydrogen-bond acceptors (Lipinski definition) is 5. The molecule has 4 rings (SSSR count). The lowest BCUT2D eigenvalue weighted by Gasteiger charge is -2.41. The molecule has 220 valence electrons. The highest BCUT2D eigenvalue weighted by atomic mass is 16.5. The summed E-state index contributed by atoms with van der Waals surface area (Å²) in [7, 11) is 0. The van der Waals surface area contributed by atoms with Crippen LogP contribution in [-0.4, -0.2) is 54.3 Å². The summed E-state index contributed by atoms with van der Waals surface area (Å²) in [5.41, 5.74) is 13.9. The van der Waals surface area contributed by atoms with E-state index in [0.29, 0.717) is 56.7 Å². The van der Waals surface area contributed by atoms with Crippen LogP contribution in [0.25, 0.3) is 0 Å². The third kappa shape index (κ3) is 7.26. The highest BCUT2D eigenvalue weighted by Gasteiger charge is 2.34. The van der Waals surface area contributed by atoms with Crippen LogP contribution in [0.4, 0.5) is 5.69 Å². The molecule has 1 fully saturated rings. The maximum absolute atomic E-state index is 13.2. The number of nitrogens with zero attached hydrogens (tertiary/aromatic N) is 2. The number of hydrogen-bond donors (Lipinski definition) is 2. The van der Waals surface area contributed by atoms with E-state index < -0.39 is 23.7 Å². The van der Waals surface area contributed by atoms with E-state index >= 15 is 0 Å². The standard InChI is InChI=1S/C32H42N4O5/c1-21(2)29(31(34)39)26(30(33)38)8-5-6-20-41-25-13-10-23(11-14-25)32(40)35-18-16-24(17-19-35)36-27-9-4-3-7-22(27)12-15-28(36)37/h3-4,7,9-11,13-14,21,24,26,29H,5-6,8,12,15-20H2,1-2H3,(H2,33,38)(H2,34,39)/t26?,29-/m0/s1. The summed E-state index contributed by atoms with van der Waals surface area (Å²) < 4.78 is 5.83. The van der Waals surface area contributed by atoms with Crippen molar-refractivity contribution in [1.82, 2.24) is 4.90 Å². The molecule has 0 spiro atoms. The second-order valence-electron chi connectivity index (χ2n) is 11.5. The maximum atomic E-state index is 13.2. The first-order valence-electron chi connectivity index (χ1n) is 14.7. The van der Waals surface area contributed by atoms with Crippen LogP contribution in [0.2, 0.25) is 0 Å². The summed E-state index contributed by atoms with van der Waals surface area (Å²) in [4.78, 5) is 53.5. The van der Waals surface area contributed by atoms with Crippen LogP contribution in [0.1, 0.15) is 68.3 Å².